The van der Waals surface area contributed by atoms with Crippen molar-refractivity contribution in [2.24, 2.45) is 0 Å². The van der Waals surface area contributed by atoms with Crippen LogP contribution in [0, 0.1) is 5.82 Å². The molecule has 4 heterocycles. The maximum atomic E-state index is 14.5. The normalized spacial score (nSPS) is 34.5. The number of phenols is 1. The van der Waals surface area contributed by atoms with Gasteiger partial charge < -0.3 is 55.4 Å². The lowest BCUT2D eigenvalue weighted by atomic mass is 9.89. The van der Waals surface area contributed by atoms with Crippen molar-refractivity contribution in [2.45, 2.75) is 74.4 Å². The fourth-order valence-corrected chi connectivity index (χ4v) is 6.91. The Bertz CT molecular complexity index is 1230. The maximum absolute atomic E-state index is 14.5. The first kappa shape index (κ1) is 31.2. The van der Waals surface area contributed by atoms with Crippen LogP contribution in [0.2, 0.25) is 0 Å². The first-order valence-electron chi connectivity index (χ1n) is 12.5. The third-order valence-corrected chi connectivity index (χ3v) is 9.30. The van der Waals surface area contributed by atoms with E-state index in [4.69, 9.17) is 14.6 Å². The second-order valence-corrected chi connectivity index (χ2v) is 12.2. The minimum Gasteiger partial charge on any atom is -0.507 e. The number of benzene rings is 1. The van der Waals surface area contributed by atoms with Gasteiger partial charge in [-0.15, -0.1) is 22.7 Å². The lowest BCUT2D eigenvalue weighted by Gasteiger charge is -2.40. The van der Waals surface area contributed by atoms with Gasteiger partial charge in [0, 0.05) is 28.3 Å². The van der Waals surface area contributed by atoms with E-state index in [0.29, 0.717) is 12.0 Å². The lowest BCUT2D eigenvalue weighted by molar-refractivity contribution is -0.232. The number of halogens is 1. The Kier molecular flexibility index (Phi) is 10.1. The van der Waals surface area contributed by atoms with Gasteiger partial charge in [-0.25, -0.2) is 4.39 Å². The van der Waals surface area contributed by atoms with E-state index < -0.39 is 79.2 Å². The number of rotatable bonds is 5. The van der Waals surface area contributed by atoms with Gasteiger partial charge in [0.15, 0.2) is 0 Å². The topological polar surface area (TPSA) is 201 Å². The fourth-order valence-electron chi connectivity index (χ4n) is 4.73. The van der Waals surface area contributed by atoms with Gasteiger partial charge in [0.1, 0.15) is 66.5 Å². The zero-order valence-electron chi connectivity index (χ0n) is 21.3. The van der Waals surface area contributed by atoms with Gasteiger partial charge in [-0.1, -0.05) is 0 Å². The standard InChI is InChI=1S/C19H19FO6S2.C7H14O5/c20-12-6-13(22)11(18-17(25)16(24)15(23)14(7-21)26-18)5-9(12)4-10-3-8-1-2-27-19(8)28-10;1-3-5(9)7(11)6(10)4(2-8)12-3/h1-3,5-6,14-18,21-25H,4,7H2;3-11H,2H2,1H3/t14-,15-,16+,17-,18+;3-,4+,5-,6+,7+/m10/s1. The summed E-state index contributed by atoms with van der Waals surface area (Å²) in [5.41, 5.74) is 0.394. The van der Waals surface area contributed by atoms with Crippen LogP contribution in [0.15, 0.2) is 29.6 Å². The van der Waals surface area contributed by atoms with Gasteiger partial charge in [-0.2, -0.15) is 0 Å². The van der Waals surface area contributed by atoms with Crippen molar-refractivity contribution in [1.29, 1.82) is 0 Å². The van der Waals surface area contributed by atoms with E-state index in [1.54, 1.807) is 29.6 Å². The number of ether oxygens (including phenoxy) is 2. The molecule has 2 fully saturated rings. The highest BCUT2D eigenvalue weighted by atomic mass is 32.2. The molecule has 0 saturated carbocycles. The minimum atomic E-state index is -1.58. The predicted molar refractivity (Wildman–Crippen MR) is 143 cm³/mol. The number of hydrogen-bond acceptors (Lipinski definition) is 13. The van der Waals surface area contributed by atoms with E-state index in [1.165, 1.54) is 6.07 Å². The largest absolute Gasteiger partial charge is 0.507 e. The zero-order chi connectivity index (χ0) is 29.3. The Balaban J connectivity index is 0.000000259. The van der Waals surface area contributed by atoms with E-state index in [-0.39, 0.29) is 12.2 Å². The Morgan fingerprint density at radius 1 is 0.825 bits per heavy atom. The quantitative estimate of drug-likeness (QED) is 0.186. The summed E-state index contributed by atoms with van der Waals surface area (Å²) in [4.78, 5) is 0.950. The van der Waals surface area contributed by atoms with Crippen molar-refractivity contribution in [1.82, 2.24) is 0 Å². The van der Waals surface area contributed by atoms with Gasteiger partial charge in [-0.05, 0) is 36.1 Å². The molecule has 0 radical (unpaired) electrons. The Morgan fingerprint density at radius 3 is 2.08 bits per heavy atom. The summed E-state index contributed by atoms with van der Waals surface area (Å²) in [5.74, 6) is -1.03. The molecule has 0 bridgehead atoms. The first-order chi connectivity index (χ1) is 19.0. The number of aromatic hydroxyl groups is 1. The van der Waals surface area contributed by atoms with Crippen molar-refractivity contribution in [3.05, 3.63) is 51.5 Å². The highest BCUT2D eigenvalue weighted by Crippen LogP contribution is 2.39. The molecule has 2 aromatic heterocycles. The molecule has 9 N–H and O–H groups in total. The van der Waals surface area contributed by atoms with E-state index in [2.05, 4.69) is 0 Å². The van der Waals surface area contributed by atoms with Crippen LogP contribution in [0.25, 0.3) is 9.40 Å². The minimum absolute atomic E-state index is 0.0895. The van der Waals surface area contributed by atoms with Gasteiger partial charge in [0.2, 0.25) is 0 Å². The average molecular weight is 605 g/mol. The highest BCUT2D eigenvalue weighted by Gasteiger charge is 2.45. The molecule has 3 aromatic rings. The van der Waals surface area contributed by atoms with Crippen molar-refractivity contribution in [3.63, 3.8) is 0 Å². The maximum Gasteiger partial charge on any atom is 0.130 e. The van der Waals surface area contributed by atoms with Crippen molar-refractivity contribution < 1.29 is 59.8 Å². The predicted octanol–water partition coefficient (Wildman–Crippen LogP) is -0.238. The molecule has 5 rings (SSSR count). The van der Waals surface area contributed by atoms with E-state index in [0.717, 1.165) is 20.3 Å². The van der Waals surface area contributed by atoms with Crippen molar-refractivity contribution in [3.8, 4) is 5.75 Å². The van der Waals surface area contributed by atoms with E-state index in [1.807, 2.05) is 17.5 Å². The van der Waals surface area contributed by atoms with Crippen LogP contribution >= 0.6 is 22.7 Å². The molecule has 222 valence electrons. The molecule has 40 heavy (non-hydrogen) atoms. The summed E-state index contributed by atoms with van der Waals surface area (Å²) in [6.45, 7) is 0.625. The zero-order valence-corrected chi connectivity index (χ0v) is 23.0. The molecule has 10 atom stereocenters. The number of aliphatic hydroxyl groups is 8. The van der Waals surface area contributed by atoms with E-state index >= 15 is 0 Å². The van der Waals surface area contributed by atoms with Gasteiger partial charge >= 0.3 is 0 Å². The Labute approximate surface area is 236 Å². The third kappa shape index (κ3) is 6.33. The van der Waals surface area contributed by atoms with Crippen molar-refractivity contribution >= 4 is 32.1 Å². The van der Waals surface area contributed by atoms with Gasteiger partial charge in [-0.3, -0.25) is 0 Å². The molecule has 0 unspecified atom stereocenters. The number of hydrogen-bond donors (Lipinski definition) is 9. The van der Waals surface area contributed by atoms with Crippen LogP contribution in [0.1, 0.15) is 29.0 Å². The van der Waals surface area contributed by atoms with Gasteiger partial charge in [0.05, 0.1) is 23.3 Å². The van der Waals surface area contributed by atoms with Crippen LogP contribution in [0.5, 0.6) is 5.75 Å². The second-order valence-electron chi connectivity index (χ2n) is 9.84. The molecule has 2 aliphatic heterocycles. The number of aliphatic hydroxyl groups excluding tert-OH is 8. The number of phenolic OH excluding ortho intramolecular Hbond substituents is 1. The monoisotopic (exact) mass is 604 g/mol. The summed E-state index contributed by atoms with van der Waals surface area (Å²) in [6, 6.07) is 6.32. The van der Waals surface area contributed by atoms with E-state index in [9.17, 15) is 45.2 Å². The van der Waals surface area contributed by atoms with Crippen LogP contribution in [0.3, 0.4) is 0 Å². The van der Waals surface area contributed by atoms with Crippen molar-refractivity contribution in [2.75, 3.05) is 13.2 Å². The lowest BCUT2D eigenvalue weighted by Crippen LogP contribution is -2.57. The second kappa shape index (κ2) is 13.0. The summed E-state index contributed by atoms with van der Waals surface area (Å²) < 4.78 is 26.1. The molecule has 14 heteroatoms. The first-order valence-corrected chi connectivity index (χ1v) is 14.2. The van der Waals surface area contributed by atoms with Gasteiger partial charge in [0.25, 0.3) is 0 Å². The molecule has 2 aliphatic rings. The molecular formula is C26H33FO11S2. The average Bonchev–Trinajstić information content (AvgIpc) is 3.53. The molecular weight excluding hydrogens is 571 g/mol. The summed E-state index contributed by atoms with van der Waals surface area (Å²) in [5, 5.41) is 89.2. The molecule has 0 spiro atoms. The van der Waals surface area contributed by atoms with Crippen LogP contribution in [-0.2, 0) is 15.9 Å². The molecule has 0 aliphatic carbocycles. The number of fused-ring (bicyclic) bond motifs is 1. The summed E-state index contributed by atoms with van der Waals surface area (Å²) >= 11 is 3.17. The Morgan fingerprint density at radius 2 is 1.45 bits per heavy atom. The fraction of sp³-hybridized carbons (Fsp3) is 0.538. The molecule has 1 aromatic carbocycles. The Hall–Kier alpha value is -1.79. The van der Waals surface area contributed by atoms with Crippen LogP contribution in [0.4, 0.5) is 4.39 Å². The molecule has 2 saturated heterocycles. The van der Waals surface area contributed by atoms with Crippen LogP contribution < -0.4 is 0 Å². The highest BCUT2D eigenvalue weighted by molar-refractivity contribution is 7.37. The summed E-state index contributed by atoms with van der Waals surface area (Å²) in [7, 11) is 0. The third-order valence-electron chi connectivity index (χ3n) is 7.09. The summed E-state index contributed by atoms with van der Waals surface area (Å²) in [6.07, 6.45) is -11.6. The smallest absolute Gasteiger partial charge is 0.130 e. The molecule has 11 nitrogen and oxygen atoms in total. The molecule has 0 amide bonds. The SMILES string of the molecule is C[C@@H]1O[C@H](CO)[C@@H](O)[C@H](O)[C@H]1O.OC[C@H]1O[C@@H](c2cc(Cc3cc4ccsc4s3)c(F)cc2O)[C@H](O)[C@@H](O)[C@@H]1O. The number of thiophene rings is 2. The van der Waals surface area contributed by atoms with Crippen LogP contribution in [-0.4, -0.2) is 114 Å².